The molecule has 0 saturated heterocycles. The zero-order chi connectivity index (χ0) is 26.7. The van der Waals surface area contributed by atoms with Crippen molar-refractivity contribution in [3.8, 4) is 11.5 Å². The Labute approximate surface area is 226 Å². The van der Waals surface area contributed by atoms with Crippen LogP contribution < -0.4 is 9.47 Å². The zero-order valence-corrected chi connectivity index (χ0v) is 22.6. The molecular formula is C32H38N4O2. The summed E-state index contributed by atoms with van der Waals surface area (Å²) in [7, 11) is 0. The molecule has 0 aliphatic carbocycles. The number of hydrogen-bond acceptors (Lipinski definition) is 6. The number of rotatable bonds is 16. The molecule has 0 bridgehead atoms. The maximum Gasteiger partial charge on any atom is 0.119 e. The number of hydrogen-bond donors (Lipinski definition) is 0. The maximum absolute atomic E-state index is 5.76. The third-order valence-electron chi connectivity index (χ3n) is 5.77. The summed E-state index contributed by atoms with van der Waals surface area (Å²) in [5, 5.41) is 0. The number of benzene rings is 3. The first-order valence-corrected chi connectivity index (χ1v) is 13.7. The first-order valence-electron chi connectivity index (χ1n) is 13.7. The first-order chi connectivity index (χ1) is 18.8. The fraction of sp³-hybridized carbons (Fsp3) is 0.375. The number of ether oxygens (including phenoxy) is 2. The van der Waals surface area contributed by atoms with Gasteiger partial charge in [-0.25, -0.2) is 0 Å². The van der Waals surface area contributed by atoms with Crippen molar-refractivity contribution < 1.29 is 9.47 Å². The lowest BCUT2D eigenvalue weighted by Gasteiger charge is -2.05. The van der Waals surface area contributed by atoms with Crippen LogP contribution in [0.1, 0.15) is 65.2 Å². The van der Waals surface area contributed by atoms with E-state index < -0.39 is 0 Å². The largest absolute Gasteiger partial charge is 0.494 e. The highest BCUT2D eigenvalue weighted by atomic mass is 16.5. The summed E-state index contributed by atoms with van der Waals surface area (Å²) in [5.74, 6) is 1.72. The van der Waals surface area contributed by atoms with Crippen molar-refractivity contribution in [1.29, 1.82) is 0 Å². The van der Waals surface area contributed by atoms with E-state index in [4.69, 9.17) is 9.47 Å². The van der Waals surface area contributed by atoms with Crippen molar-refractivity contribution in [1.82, 2.24) is 0 Å². The average molecular weight is 511 g/mol. The Balaban J connectivity index is 1.45. The van der Waals surface area contributed by atoms with Gasteiger partial charge in [0.1, 0.15) is 23.5 Å². The second-order valence-electron chi connectivity index (χ2n) is 8.97. The Morgan fingerprint density at radius 2 is 0.763 bits per heavy atom. The molecule has 0 atom stereocenters. The van der Waals surface area contributed by atoms with Crippen LogP contribution in [0.3, 0.4) is 0 Å². The van der Waals surface area contributed by atoms with E-state index in [9.17, 15) is 0 Å². The van der Waals surface area contributed by atoms with Crippen LogP contribution in [0.2, 0.25) is 0 Å². The molecule has 0 spiro atoms. The molecule has 38 heavy (non-hydrogen) atoms. The van der Waals surface area contributed by atoms with Crippen molar-refractivity contribution >= 4 is 34.8 Å². The van der Waals surface area contributed by atoms with Crippen LogP contribution in [-0.2, 0) is 0 Å². The summed E-state index contributed by atoms with van der Waals surface area (Å²) in [5.41, 5.74) is 3.02. The Hall–Kier alpha value is -3.98. The molecule has 0 aliphatic rings. The monoisotopic (exact) mass is 510 g/mol. The van der Waals surface area contributed by atoms with Crippen molar-refractivity contribution in [2.24, 2.45) is 20.0 Å². The van der Waals surface area contributed by atoms with E-state index in [1.807, 2.05) is 72.8 Å². The van der Waals surface area contributed by atoms with E-state index in [-0.39, 0.29) is 0 Å². The normalized spacial score (nSPS) is 10.2. The molecule has 0 radical (unpaired) electrons. The molecule has 0 fully saturated rings. The Morgan fingerprint density at radius 1 is 0.447 bits per heavy atom. The van der Waals surface area contributed by atoms with Crippen LogP contribution in [0.15, 0.2) is 92.8 Å². The van der Waals surface area contributed by atoms with E-state index in [1.165, 1.54) is 38.5 Å². The Kier molecular flexibility index (Phi) is 13.1. The Bertz CT molecular complexity index is 1090. The highest BCUT2D eigenvalue weighted by Gasteiger charge is 1.96. The summed E-state index contributed by atoms with van der Waals surface area (Å²) >= 11 is 0. The van der Waals surface area contributed by atoms with Gasteiger partial charge in [0.15, 0.2) is 0 Å². The van der Waals surface area contributed by atoms with Gasteiger partial charge in [-0.1, -0.05) is 52.4 Å². The molecule has 3 aromatic carbocycles. The first kappa shape index (κ1) is 28.6. The van der Waals surface area contributed by atoms with Crippen LogP contribution in [0.5, 0.6) is 11.5 Å². The molecule has 0 unspecified atom stereocenters. The number of nitrogens with zero attached hydrogens (tertiary/aromatic N) is 4. The highest BCUT2D eigenvalue weighted by Crippen LogP contribution is 2.21. The topological polar surface area (TPSA) is 67.9 Å². The second-order valence-corrected chi connectivity index (χ2v) is 8.97. The lowest BCUT2D eigenvalue weighted by molar-refractivity contribution is 0.305. The van der Waals surface area contributed by atoms with Gasteiger partial charge in [0, 0.05) is 0 Å². The van der Waals surface area contributed by atoms with Gasteiger partial charge in [-0.2, -0.15) is 20.0 Å². The minimum atomic E-state index is 0.738. The molecule has 0 aromatic heterocycles. The van der Waals surface area contributed by atoms with E-state index in [1.54, 1.807) is 0 Å². The fourth-order valence-corrected chi connectivity index (χ4v) is 3.55. The summed E-state index contributed by atoms with van der Waals surface area (Å²) in [4.78, 5) is 17.1. The average Bonchev–Trinajstić information content (AvgIpc) is 2.95. The van der Waals surface area contributed by atoms with Crippen LogP contribution in [-0.4, -0.2) is 25.2 Å². The molecule has 198 valence electrons. The van der Waals surface area contributed by atoms with E-state index in [2.05, 4.69) is 45.8 Å². The van der Waals surface area contributed by atoms with Gasteiger partial charge in [-0.15, -0.1) is 0 Å². The predicted molar refractivity (Wildman–Crippen MR) is 157 cm³/mol. The molecular weight excluding hydrogens is 472 g/mol. The van der Waals surface area contributed by atoms with Gasteiger partial charge in [0.05, 0.1) is 36.0 Å². The summed E-state index contributed by atoms with van der Waals surface area (Å²) in [6.45, 7) is 5.91. The molecule has 0 amide bonds. The molecule has 0 N–H and O–H groups in total. The van der Waals surface area contributed by atoms with Gasteiger partial charge < -0.3 is 9.47 Å². The van der Waals surface area contributed by atoms with Crippen molar-refractivity contribution in [2.45, 2.75) is 65.2 Å². The van der Waals surface area contributed by atoms with Gasteiger partial charge in [0.25, 0.3) is 0 Å². The predicted octanol–water partition coefficient (Wildman–Crippen LogP) is 9.88. The minimum Gasteiger partial charge on any atom is -0.494 e. The van der Waals surface area contributed by atoms with Gasteiger partial charge in [0.2, 0.25) is 0 Å². The summed E-state index contributed by atoms with van der Waals surface area (Å²) in [6, 6.07) is 28.2. The lowest BCUT2D eigenvalue weighted by atomic mass is 10.2. The van der Waals surface area contributed by atoms with Crippen LogP contribution in [0.4, 0.5) is 22.7 Å². The van der Waals surface area contributed by atoms with Crippen molar-refractivity contribution in [3.63, 3.8) is 0 Å². The van der Waals surface area contributed by atoms with E-state index >= 15 is 0 Å². The SMILES string of the molecule is CCCCCCOc1ccc(N=C=Nc2ccc(N=C=Nc3ccc(OCCCCCC)cc3)cc2)cc1. The van der Waals surface area contributed by atoms with Crippen LogP contribution in [0.25, 0.3) is 0 Å². The molecule has 6 nitrogen and oxygen atoms in total. The third-order valence-corrected chi connectivity index (χ3v) is 5.77. The van der Waals surface area contributed by atoms with Gasteiger partial charge in [-0.3, -0.25) is 0 Å². The molecule has 0 saturated carbocycles. The third kappa shape index (κ3) is 11.4. The second kappa shape index (κ2) is 17.5. The molecule has 0 heterocycles. The minimum absolute atomic E-state index is 0.738. The lowest BCUT2D eigenvalue weighted by Crippen LogP contribution is -1.96. The van der Waals surface area contributed by atoms with Crippen LogP contribution >= 0.6 is 0 Å². The van der Waals surface area contributed by atoms with Gasteiger partial charge >= 0.3 is 0 Å². The van der Waals surface area contributed by atoms with E-state index in [0.29, 0.717) is 0 Å². The molecule has 3 aromatic rings. The maximum atomic E-state index is 5.76. The number of unbranched alkanes of at least 4 members (excludes halogenated alkanes) is 6. The van der Waals surface area contributed by atoms with Crippen molar-refractivity contribution in [3.05, 3.63) is 72.8 Å². The van der Waals surface area contributed by atoms with Crippen molar-refractivity contribution in [2.75, 3.05) is 13.2 Å². The van der Waals surface area contributed by atoms with Crippen LogP contribution in [0, 0.1) is 0 Å². The van der Waals surface area contributed by atoms with E-state index in [0.717, 1.165) is 60.3 Å². The standard InChI is InChI=1S/C32H38N4O2/c1-3-5-7-9-23-37-31-19-15-29(16-20-31)35-25-33-27-11-13-28(14-12-27)34-26-36-30-17-21-32(22-18-30)38-24-10-8-6-4-2/h11-22H,3-10,23-24H2,1-2H3. The molecule has 6 heteroatoms. The number of aliphatic imine (C=N–C) groups is 4. The smallest absolute Gasteiger partial charge is 0.119 e. The summed E-state index contributed by atoms with van der Waals surface area (Å²) < 4.78 is 11.5. The Morgan fingerprint density at radius 3 is 1.08 bits per heavy atom. The summed E-state index contributed by atoms with van der Waals surface area (Å²) in [6.07, 6.45) is 9.55. The molecule has 3 rings (SSSR count). The van der Waals surface area contributed by atoms with Gasteiger partial charge in [-0.05, 0) is 85.6 Å². The fourth-order valence-electron chi connectivity index (χ4n) is 3.55. The molecule has 0 aliphatic heterocycles. The highest BCUT2D eigenvalue weighted by molar-refractivity contribution is 5.62. The quantitative estimate of drug-likeness (QED) is 0.142. The zero-order valence-electron chi connectivity index (χ0n) is 22.6.